The van der Waals surface area contributed by atoms with Gasteiger partial charge >= 0.3 is 0 Å². The second-order valence-corrected chi connectivity index (χ2v) is 8.23. The van der Waals surface area contributed by atoms with Crippen molar-refractivity contribution in [3.8, 4) is 17.6 Å². The number of aromatic nitrogens is 3. The summed E-state index contributed by atoms with van der Waals surface area (Å²) in [4.78, 5) is 21.1. The molecule has 1 aliphatic rings. The molecule has 10 nitrogen and oxygen atoms in total. The lowest BCUT2D eigenvalue weighted by Gasteiger charge is -2.27. The Kier molecular flexibility index (Phi) is 5.70. The van der Waals surface area contributed by atoms with Gasteiger partial charge in [-0.2, -0.15) is 9.66 Å². The van der Waals surface area contributed by atoms with Crippen molar-refractivity contribution < 1.29 is 9.53 Å². The molecule has 0 spiro atoms. The molecule has 0 atom stereocenters. The zero-order valence-electron chi connectivity index (χ0n) is 17.4. The first-order chi connectivity index (χ1) is 15.4. The third-order valence-corrected chi connectivity index (χ3v) is 5.19. The van der Waals surface area contributed by atoms with E-state index in [0.717, 1.165) is 17.8 Å². The van der Waals surface area contributed by atoms with Gasteiger partial charge in [-0.25, -0.2) is 9.97 Å². The van der Waals surface area contributed by atoms with E-state index in [1.807, 2.05) is 38.1 Å². The summed E-state index contributed by atoms with van der Waals surface area (Å²) in [5.41, 5.74) is 7.55. The lowest BCUT2D eigenvalue weighted by molar-refractivity contribution is 0.0880. The van der Waals surface area contributed by atoms with E-state index in [1.165, 1.54) is 12.5 Å². The van der Waals surface area contributed by atoms with Crippen LogP contribution in [-0.4, -0.2) is 38.4 Å². The Morgan fingerprint density at radius 2 is 2.22 bits per heavy atom. The van der Waals surface area contributed by atoms with Gasteiger partial charge in [0.1, 0.15) is 36.4 Å². The Bertz CT molecular complexity index is 1240. The summed E-state index contributed by atoms with van der Waals surface area (Å²) in [6.45, 7) is 3.94. The molecule has 1 amide bonds. The van der Waals surface area contributed by atoms with Crippen molar-refractivity contribution in [2.45, 2.75) is 19.4 Å². The predicted octanol–water partition coefficient (Wildman–Crippen LogP) is 2.42. The molecule has 1 aliphatic heterocycles. The molecule has 1 aromatic carbocycles. The smallest absolute Gasteiger partial charge is 0.252 e. The Balaban J connectivity index is 1.45. The van der Waals surface area contributed by atoms with Crippen LogP contribution in [0.25, 0.3) is 5.82 Å². The highest BCUT2D eigenvalue weighted by atomic mass is 32.2. The van der Waals surface area contributed by atoms with Crippen LogP contribution in [0, 0.1) is 11.3 Å². The minimum atomic E-state index is -0.686. The number of nitrogens with two attached hydrogens (primary N) is 1. The van der Waals surface area contributed by atoms with Crippen molar-refractivity contribution in [1.82, 2.24) is 19.9 Å². The van der Waals surface area contributed by atoms with E-state index in [2.05, 4.69) is 24.4 Å². The summed E-state index contributed by atoms with van der Waals surface area (Å²) >= 11 is 1.16. The Morgan fingerprint density at radius 3 is 3.00 bits per heavy atom. The van der Waals surface area contributed by atoms with Crippen LogP contribution in [-0.2, 0) is 0 Å². The molecule has 0 radical (unpaired) electrons. The Labute approximate surface area is 188 Å². The maximum absolute atomic E-state index is 12.9. The first-order valence-electron chi connectivity index (χ1n) is 9.61. The fourth-order valence-corrected chi connectivity index (χ4v) is 3.55. The molecule has 3 aromatic rings. The van der Waals surface area contributed by atoms with Gasteiger partial charge in [-0.15, -0.1) is 0 Å². The first-order valence-corrected chi connectivity index (χ1v) is 10.4. The molecule has 32 heavy (non-hydrogen) atoms. The van der Waals surface area contributed by atoms with Gasteiger partial charge in [-0.3, -0.25) is 9.36 Å². The van der Waals surface area contributed by atoms with Crippen molar-refractivity contribution in [3.05, 3.63) is 65.9 Å². The largest absolute Gasteiger partial charge is 0.490 e. The quantitative estimate of drug-likeness (QED) is 0.488. The SMILES string of the molecule is CC(C)(COc1cccc2c1C(N)=NSN2)NC(=O)c1ccnc(-n2cnc(C#N)c2)c1. The number of hydrogen-bond donors (Lipinski definition) is 3. The third-order valence-electron chi connectivity index (χ3n) is 4.59. The summed E-state index contributed by atoms with van der Waals surface area (Å²) in [7, 11) is 0. The number of nitrogens with zero attached hydrogens (tertiary/aromatic N) is 5. The van der Waals surface area contributed by atoms with Crippen LogP contribution in [0.3, 0.4) is 0 Å². The number of rotatable bonds is 6. The van der Waals surface area contributed by atoms with Crippen LogP contribution < -0.4 is 20.5 Å². The van der Waals surface area contributed by atoms with E-state index in [4.69, 9.17) is 15.7 Å². The van der Waals surface area contributed by atoms with E-state index in [9.17, 15) is 4.79 Å². The highest BCUT2D eigenvalue weighted by molar-refractivity contribution is 7.99. The van der Waals surface area contributed by atoms with E-state index < -0.39 is 5.54 Å². The van der Waals surface area contributed by atoms with Gasteiger partial charge in [-0.05, 0) is 38.1 Å². The number of nitrogens with one attached hydrogen (secondary N) is 2. The summed E-state index contributed by atoms with van der Waals surface area (Å²) in [6.07, 6.45) is 4.55. The standard InChI is InChI=1S/C21H20N8O2S/c1-21(2,11-31-16-5-3-4-15-18(16)19(23)28-32-27-15)26-20(30)13-6-7-24-17(8-13)29-10-14(9-22)25-12-29/h3-8,10,12,27H,11H2,1-2H3,(H2,23,28)(H,26,30). The second kappa shape index (κ2) is 8.60. The average molecular weight is 449 g/mol. The van der Waals surface area contributed by atoms with Gasteiger partial charge in [0.15, 0.2) is 5.69 Å². The normalized spacial score (nSPS) is 12.7. The molecule has 162 valence electrons. The van der Waals surface area contributed by atoms with Crippen LogP contribution in [0.2, 0.25) is 0 Å². The molecule has 4 N–H and O–H groups in total. The lowest BCUT2D eigenvalue weighted by Crippen LogP contribution is -2.48. The van der Waals surface area contributed by atoms with E-state index in [0.29, 0.717) is 28.5 Å². The fraction of sp³-hybridized carbons (Fsp3) is 0.190. The molecule has 2 aromatic heterocycles. The van der Waals surface area contributed by atoms with Gasteiger partial charge in [0, 0.05) is 18.0 Å². The summed E-state index contributed by atoms with van der Waals surface area (Å²) in [5, 5.41) is 11.9. The number of ether oxygens (including phenoxy) is 1. The minimum Gasteiger partial charge on any atom is -0.490 e. The number of benzene rings is 1. The zero-order chi connectivity index (χ0) is 22.7. The van der Waals surface area contributed by atoms with Gasteiger partial charge in [0.25, 0.3) is 5.91 Å². The molecular weight excluding hydrogens is 428 g/mol. The van der Waals surface area contributed by atoms with Crippen molar-refractivity contribution in [2.24, 2.45) is 10.1 Å². The summed E-state index contributed by atoms with van der Waals surface area (Å²) in [5.74, 6) is 1.16. The van der Waals surface area contributed by atoms with Crippen LogP contribution >= 0.6 is 12.1 Å². The van der Waals surface area contributed by atoms with Gasteiger partial charge in [0.05, 0.1) is 28.9 Å². The highest BCUT2D eigenvalue weighted by Crippen LogP contribution is 2.32. The van der Waals surface area contributed by atoms with E-state index in [1.54, 1.807) is 22.9 Å². The first kappa shape index (κ1) is 21.2. The number of nitriles is 1. The topological polar surface area (TPSA) is 143 Å². The van der Waals surface area contributed by atoms with E-state index in [-0.39, 0.29) is 18.2 Å². The van der Waals surface area contributed by atoms with Crippen molar-refractivity contribution in [1.29, 1.82) is 5.26 Å². The summed E-state index contributed by atoms with van der Waals surface area (Å²) in [6, 6.07) is 10.8. The number of fused-ring (bicyclic) bond motifs is 1. The van der Waals surface area contributed by atoms with Crippen molar-refractivity contribution in [2.75, 3.05) is 11.3 Å². The number of amidine groups is 1. The molecule has 0 fully saturated rings. The highest BCUT2D eigenvalue weighted by Gasteiger charge is 2.25. The minimum absolute atomic E-state index is 0.209. The number of amides is 1. The molecular formula is C21H20N8O2S. The maximum atomic E-state index is 12.9. The Hall–Kier alpha value is -4.04. The fourth-order valence-electron chi connectivity index (χ4n) is 3.05. The van der Waals surface area contributed by atoms with Gasteiger partial charge < -0.3 is 20.5 Å². The average Bonchev–Trinajstić information content (AvgIpc) is 3.27. The van der Waals surface area contributed by atoms with Crippen LogP contribution in [0.1, 0.15) is 35.5 Å². The number of carbonyl (C=O) groups excluding carboxylic acids is 1. The zero-order valence-corrected chi connectivity index (χ0v) is 18.2. The Morgan fingerprint density at radius 1 is 1.38 bits per heavy atom. The predicted molar refractivity (Wildman–Crippen MR) is 121 cm³/mol. The number of imidazole rings is 1. The number of hydrogen-bond acceptors (Lipinski definition) is 9. The lowest BCUT2D eigenvalue weighted by atomic mass is 10.1. The summed E-state index contributed by atoms with van der Waals surface area (Å²) < 4.78 is 14.8. The second-order valence-electron chi connectivity index (χ2n) is 7.66. The van der Waals surface area contributed by atoms with Crippen molar-refractivity contribution >= 4 is 29.6 Å². The molecule has 4 rings (SSSR count). The number of carbonyl (C=O) groups is 1. The molecule has 0 unspecified atom stereocenters. The molecule has 11 heteroatoms. The third kappa shape index (κ3) is 4.50. The van der Waals surface area contributed by atoms with Crippen molar-refractivity contribution in [3.63, 3.8) is 0 Å². The monoisotopic (exact) mass is 448 g/mol. The number of anilines is 1. The molecule has 0 saturated carbocycles. The van der Waals surface area contributed by atoms with Gasteiger partial charge in [0.2, 0.25) is 0 Å². The molecule has 0 bridgehead atoms. The van der Waals surface area contributed by atoms with Crippen LogP contribution in [0.4, 0.5) is 5.69 Å². The maximum Gasteiger partial charge on any atom is 0.252 e. The molecule has 0 aliphatic carbocycles. The van der Waals surface area contributed by atoms with Crippen LogP contribution in [0.5, 0.6) is 5.75 Å². The molecule has 3 heterocycles. The molecule has 0 saturated heterocycles. The van der Waals surface area contributed by atoms with Gasteiger partial charge in [-0.1, -0.05) is 6.07 Å². The van der Waals surface area contributed by atoms with Crippen LogP contribution in [0.15, 0.2) is 53.5 Å². The van der Waals surface area contributed by atoms with E-state index >= 15 is 0 Å². The number of pyridine rings is 1.